The Balaban J connectivity index is 0.000000246. The molecule has 0 saturated heterocycles. The van der Waals surface area contributed by atoms with Gasteiger partial charge in [-0.25, -0.2) is 4.79 Å². The number of carboxylic acid groups (broad SMARTS) is 1. The molecular formula is C11H14F3N3O3. The predicted molar refractivity (Wildman–Crippen MR) is 64.1 cm³/mol. The number of halogens is 3. The van der Waals surface area contributed by atoms with Gasteiger partial charge in [0.2, 0.25) is 5.88 Å². The molecule has 0 spiro atoms. The number of aryl methyl sites for hydroxylation is 1. The number of rotatable bonds is 2. The number of aromatic nitrogens is 2. The fourth-order valence-corrected chi connectivity index (χ4v) is 1.58. The van der Waals surface area contributed by atoms with Gasteiger partial charge in [-0.2, -0.15) is 13.2 Å². The Kier molecular flexibility index (Phi) is 5.12. The summed E-state index contributed by atoms with van der Waals surface area (Å²) in [4.78, 5) is 13.3. The van der Waals surface area contributed by atoms with Crippen molar-refractivity contribution < 1.29 is 27.8 Å². The summed E-state index contributed by atoms with van der Waals surface area (Å²) < 4.78 is 38.7. The van der Waals surface area contributed by atoms with Crippen molar-refractivity contribution in [1.29, 1.82) is 0 Å². The van der Waals surface area contributed by atoms with Gasteiger partial charge in [-0.1, -0.05) is 0 Å². The minimum atomic E-state index is -5.08. The number of hydrogen-bond donors (Lipinski definition) is 1. The maximum atomic E-state index is 10.6. The number of carboxylic acids is 1. The van der Waals surface area contributed by atoms with Crippen molar-refractivity contribution in [2.24, 2.45) is 12.0 Å². The molecule has 0 fully saturated rings. The lowest BCUT2D eigenvalue weighted by Crippen LogP contribution is -2.21. The van der Waals surface area contributed by atoms with Gasteiger partial charge >= 0.3 is 12.1 Å². The zero-order valence-corrected chi connectivity index (χ0v) is 10.9. The zero-order valence-electron chi connectivity index (χ0n) is 10.9. The number of hydrogen-bond acceptors (Lipinski definition) is 4. The van der Waals surface area contributed by atoms with Gasteiger partial charge < -0.3 is 9.84 Å². The van der Waals surface area contributed by atoms with E-state index in [4.69, 9.17) is 14.6 Å². The minimum Gasteiger partial charge on any atom is -0.479 e. The summed E-state index contributed by atoms with van der Waals surface area (Å²) in [6.45, 7) is 0.938. The topological polar surface area (TPSA) is 76.7 Å². The molecule has 0 aromatic carbocycles. The van der Waals surface area contributed by atoms with Crippen LogP contribution in [0.3, 0.4) is 0 Å². The second-order valence-corrected chi connectivity index (χ2v) is 3.96. The molecule has 0 aliphatic carbocycles. The standard InChI is InChI=1S/C9H13N3O.C2HF3O2/c1-12-6-7(9(11-12)13-2)8-4-3-5-10-8;3-2(4,5)1(6)7/h6H,3-5H2,1-2H3;(H,6,7). The van der Waals surface area contributed by atoms with E-state index in [-0.39, 0.29) is 0 Å². The summed E-state index contributed by atoms with van der Waals surface area (Å²) in [6, 6.07) is 0. The molecule has 0 saturated carbocycles. The van der Waals surface area contributed by atoms with Crippen molar-refractivity contribution in [2.45, 2.75) is 19.0 Å². The van der Waals surface area contributed by atoms with Gasteiger partial charge in [-0.15, -0.1) is 5.10 Å². The number of carbonyl (C=O) groups is 1. The third-order valence-electron chi connectivity index (χ3n) is 2.42. The smallest absolute Gasteiger partial charge is 0.479 e. The summed E-state index contributed by atoms with van der Waals surface area (Å²) in [6.07, 6.45) is -0.932. The molecule has 0 bridgehead atoms. The first-order valence-corrected chi connectivity index (χ1v) is 5.67. The van der Waals surface area contributed by atoms with Crippen LogP contribution in [0.15, 0.2) is 11.2 Å². The molecule has 1 aliphatic heterocycles. The lowest BCUT2D eigenvalue weighted by atomic mass is 10.1. The molecule has 0 atom stereocenters. The molecule has 0 unspecified atom stereocenters. The highest BCUT2D eigenvalue weighted by atomic mass is 19.4. The summed E-state index contributed by atoms with van der Waals surface area (Å²) in [7, 11) is 3.53. The fourth-order valence-electron chi connectivity index (χ4n) is 1.58. The highest BCUT2D eigenvalue weighted by molar-refractivity contribution is 6.03. The van der Waals surface area contributed by atoms with E-state index >= 15 is 0 Å². The molecule has 2 heterocycles. The molecule has 1 aromatic rings. The Morgan fingerprint density at radius 2 is 2.10 bits per heavy atom. The van der Waals surface area contributed by atoms with Crippen molar-refractivity contribution in [3.63, 3.8) is 0 Å². The zero-order chi connectivity index (χ0) is 15.3. The first-order chi connectivity index (χ1) is 9.25. The van der Waals surface area contributed by atoms with Crippen LogP contribution in [0.2, 0.25) is 0 Å². The monoisotopic (exact) mass is 293 g/mol. The molecule has 6 nitrogen and oxygen atoms in total. The predicted octanol–water partition coefficient (Wildman–Crippen LogP) is 1.64. The van der Waals surface area contributed by atoms with Gasteiger partial charge in [0, 0.05) is 25.5 Å². The highest BCUT2D eigenvalue weighted by Crippen LogP contribution is 2.21. The molecule has 0 radical (unpaired) electrons. The fraction of sp³-hybridized carbons (Fsp3) is 0.545. The third-order valence-corrected chi connectivity index (χ3v) is 2.42. The number of aliphatic imine (C=N–C) groups is 1. The van der Waals surface area contributed by atoms with Crippen LogP contribution in [0.5, 0.6) is 5.88 Å². The van der Waals surface area contributed by atoms with Crippen molar-refractivity contribution >= 4 is 11.7 Å². The van der Waals surface area contributed by atoms with E-state index in [2.05, 4.69) is 10.1 Å². The van der Waals surface area contributed by atoms with Crippen molar-refractivity contribution in [3.05, 3.63) is 11.8 Å². The van der Waals surface area contributed by atoms with Crippen molar-refractivity contribution in [3.8, 4) is 5.88 Å². The summed E-state index contributed by atoms with van der Waals surface area (Å²) in [5, 5.41) is 11.3. The van der Waals surface area contributed by atoms with Crippen LogP contribution >= 0.6 is 0 Å². The van der Waals surface area contributed by atoms with E-state index in [0.717, 1.165) is 30.7 Å². The van der Waals surface area contributed by atoms with Gasteiger partial charge in [0.25, 0.3) is 0 Å². The Bertz CT molecular complexity index is 509. The molecule has 2 rings (SSSR count). The maximum absolute atomic E-state index is 10.6. The van der Waals surface area contributed by atoms with Crippen LogP contribution in [0.25, 0.3) is 0 Å². The van der Waals surface area contributed by atoms with E-state index in [1.54, 1.807) is 11.8 Å². The second-order valence-electron chi connectivity index (χ2n) is 3.96. The molecular weight excluding hydrogens is 279 g/mol. The molecule has 1 N–H and O–H groups in total. The van der Waals surface area contributed by atoms with Gasteiger partial charge in [0.05, 0.1) is 12.7 Å². The Morgan fingerprint density at radius 1 is 1.50 bits per heavy atom. The molecule has 0 amide bonds. The quantitative estimate of drug-likeness (QED) is 0.899. The van der Waals surface area contributed by atoms with Crippen LogP contribution in [-0.4, -0.2) is 46.4 Å². The normalized spacial score (nSPS) is 14.3. The maximum Gasteiger partial charge on any atom is 0.490 e. The summed E-state index contributed by atoms with van der Waals surface area (Å²) >= 11 is 0. The average molecular weight is 293 g/mol. The Hall–Kier alpha value is -2.06. The van der Waals surface area contributed by atoms with Crippen molar-refractivity contribution in [1.82, 2.24) is 9.78 Å². The van der Waals surface area contributed by atoms with Gasteiger partial charge in [0.15, 0.2) is 0 Å². The lowest BCUT2D eigenvalue weighted by Gasteiger charge is -1.98. The van der Waals surface area contributed by atoms with E-state index in [9.17, 15) is 13.2 Å². The Labute approximate surface area is 112 Å². The Morgan fingerprint density at radius 3 is 2.50 bits per heavy atom. The van der Waals surface area contributed by atoms with Crippen LogP contribution in [0.1, 0.15) is 18.4 Å². The van der Waals surface area contributed by atoms with Crippen molar-refractivity contribution in [2.75, 3.05) is 13.7 Å². The SMILES string of the molecule is COc1nn(C)cc1C1=NCCC1.O=C(O)C(F)(F)F. The van der Waals surface area contributed by atoms with E-state index in [1.807, 2.05) is 13.2 Å². The number of ether oxygens (including phenoxy) is 1. The number of alkyl halides is 3. The van der Waals surface area contributed by atoms with E-state index < -0.39 is 12.1 Å². The molecule has 20 heavy (non-hydrogen) atoms. The van der Waals surface area contributed by atoms with Crippen LogP contribution in [-0.2, 0) is 11.8 Å². The van der Waals surface area contributed by atoms with E-state index in [0.29, 0.717) is 5.88 Å². The number of methoxy groups -OCH3 is 1. The highest BCUT2D eigenvalue weighted by Gasteiger charge is 2.38. The third kappa shape index (κ3) is 4.25. The number of nitrogens with zero attached hydrogens (tertiary/aromatic N) is 3. The largest absolute Gasteiger partial charge is 0.490 e. The van der Waals surface area contributed by atoms with Crippen LogP contribution < -0.4 is 4.74 Å². The van der Waals surface area contributed by atoms with Crippen LogP contribution in [0.4, 0.5) is 13.2 Å². The van der Waals surface area contributed by atoms with Crippen LogP contribution in [0, 0.1) is 0 Å². The molecule has 1 aromatic heterocycles. The lowest BCUT2D eigenvalue weighted by molar-refractivity contribution is -0.192. The molecule has 9 heteroatoms. The first-order valence-electron chi connectivity index (χ1n) is 5.67. The molecule has 1 aliphatic rings. The summed E-state index contributed by atoms with van der Waals surface area (Å²) in [5.74, 6) is -2.07. The minimum absolute atomic E-state index is 0.683. The number of aliphatic carboxylic acids is 1. The van der Waals surface area contributed by atoms with E-state index in [1.165, 1.54) is 0 Å². The van der Waals surface area contributed by atoms with Gasteiger partial charge in [0.1, 0.15) is 0 Å². The van der Waals surface area contributed by atoms with Gasteiger partial charge in [-0.05, 0) is 12.8 Å². The average Bonchev–Trinajstić information content (AvgIpc) is 2.96. The molecule has 112 valence electrons. The summed E-state index contributed by atoms with van der Waals surface area (Å²) in [5.41, 5.74) is 2.17. The second kappa shape index (κ2) is 6.40. The first kappa shape index (κ1) is 16.0. The van der Waals surface area contributed by atoms with Gasteiger partial charge in [-0.3, -0.25) is 9.67 Å².